The number of ether oxygens (including phenoxy) is 1. The van der Waals surface area contributed by atoms with E-state index in [9.17, 15) is 33.3 Å². The first-order chi connectivity index (χ1) is 16.2. The summed E-state index contributed by atoms with van der Waals surface area (Å²) in [6, 6.07) is 0. The van der Waals surface area contributed by atoms with E-state index in [1.807, 2.05) is 13.0 Å². The molecule has 0 amide bonds. The van der Waals surface area contributed by atoms with Crippen LogP contribution in [0.2, 0.25) is 0 Å². The third-order valence-electron chi connectivity index (χ3n) is 8.61. The van der Waals surface area contributed by atoms with Crippen molar-refractivity contribution in [3.63, 3.8) is 0 Å². The molecule has 3 aliphatic carbocycles. The molecule has 0 heterocycles. The number of halogens is 3. The van der Waals surface area contributed by atoms with Gasteiger partial charge in [0.15, 0.2) is 5.60 Å². The van der Waals surface area contributed by atoms with Crippen LogP contribution >= 0.6 is 0 Å². The van der Waals surface area contributed by atoms with Gasteiger partial charge in [-0.25, -0.2) is 0 Å². The number of fused-ring (bicyclic) bond motifs is 1. The number of allylic oxidation sites excluding steroid dienone is 3. The van der Waals surface area contributed by atoms with Crippen molar-refractivity contribution in [2.45, 2.75) is 109 Å². The number of aliphatic hydroxyl groups excluding tert-OH is 2. The van der Waals surface area contributed by atoms with Gasteiger partial charge < -0.3 is 20.1 Å². The molecule has 1 unspecified atom stereocenters. The number of hydrogen-bond donors (Lipinski definition) is 3. The lowest BCUT2D eigenvalue weighted by atomic mass is 9.62. The van der Waals surface area contributed by atoms with Gasteiger partial charge in [0, 0.05) is 18.8 Å². The summed E-state index contributed by atoms with van der Waals surface area (Å²) in [5.41, 5.74) is -0.200. The minimum atomic E-state index is -4.80. The molecule has 0 aromatic rings. The minimum absolute atomic E-state index is 0.0872. The molecule has 0 aromatic heterocycles. The van der Waals surface area contributed by atoms with Crippen LogP contribution in [0.3, 0.4) is 0 Å². The van der Waals surface area contributed by atoms with Crippen LogP contribution in [0.5, 0.6) is 0 Å². The summed E-state index contributed by atoms with van der Waals surface area (Å²) < 4.78 is 44.2. The average Bonchev–Trinajstić information content (AvgIpc) is 3.10. The van der Waals surface area contributed by atoms with Crippen molar-refractivity contribution < 1.29 is 38.0 Å². The summed E-state index contributed by atoms with van der Waals surface area (Å²) >= 11 is 0. The standard InChI is InChI=1S/C27H39F3O5/c1-16-19(14-20(31)15-23(16)32)8-7-18-6-5-12-25(3)21(9-10-22(18)25)17(2)35-24(33)11-13-26(4,34)27(28,29)30/h7-8,17,20-23,31-32,34H,1,5-6,9-15H2,2-4H3/b18-7+,19-8-/t17-,20+,21+,22-,23-,25+,26?/m0/s1. The van der Waals surface area contributed by atoms with Crippen molar-refractivity contribution in [2.75, 3.05) is 0 Å². The summed E-state index contributed by atoms with van der Waals surface area (Å²) in [4.78, 5) is 12.3. The first kappa shape index (κ1) is 27.9. The van der Waals surface area contributed by atoms with Crippen molar-refractivity contribution in [1.82, 2.24) is 0 Å². The molecule has 5 nitrogen and oxygen atoms in total. The quantitative estimate of drug-likeness (QED) is 0.439. The Hall–Kier alpha value is -1.64. The number of carbonyl (C=O) groups excluding carboxylic acids is 1. The smallest absolute Gasteiger partial charge is 0.416 e. The largest absolute Gasteiger partial charge is 0.462 e. The van der Waals surface area contributed by atoms with Gasteiger partial charge >= 0.3 is 12.1 Å². The molecule has 3 fully saturated rings. The van der Waals surface area contributed by atoms with Gasteiger partial charge in [-0.2, -0.15) is 13.2 Å². The molecule has 3 N–H and O–H groups in total. The van der Waals surface area contributed by atoms with Crippen LogP contribution in [-0.2, 0) is 9.53 Å². The van der Waals surface area contributed by atoms with E-state index in [-0.39, 0.29) is 11.3 Å². The number of aliphatic hydroxyl groups is 3. The van der Waals surface area contributed by atoms with Crippen LogP contribution in [0.25, 0.3) is 0 Å². The van der Waals surface area contributed by atoms with E-state index < -0.39 is 48.9 Å². The number of carbonyl (C=O) groups is 1. The van der Waals surface area contributed by atoms with Gasteiger partial charge in [0.05, 0.1) is 12.2 Å². The van der Waals surface area contributed by atoms with Crippen LogP contribution in [0.15, 0.2) is 35.5 Å². The van der Waals surface area contributed by atoms with Crippen molar-refractivity contribution in [3.8, 4) is 0 Å². The molecule has 0 saturated heterocycles. The molecule has 7 atom stereocenters. The van der Waals surface area contributed by atoms with Crippen LogP contribution < -0.4 is 0 Å². The lowest BCUT2D eigenvalue weighted by Gasteiger charge is -2.44. The Morgan fingerprint density at radius 2 is 1.97 bits per heavy atom. The molecule has 0 radical (unpaired) electrons. The fourth-order valence-corrected chi connectivity index (χ4v) is 6.35. The molecule has 35 heavy (non-hydrogen) atoms. The molecule has 198 valence electrons. The zero-order valence-corrected chi connectivity index (χ0v) is 20.9. The molecule has 8 heteroatoms. The summed E-state index contributed by atoms with van der Waals surface area (Å²) in [6.45, 7) is 8.67. The fraction of sp³-hybridized carbons (Fsp3) is 0.741. The highest BCUT2D eigenvalue weighted by Crippen LogP contribution is 2.58. The Balaban J connectivity index is 1.66. The highest BCUT2D eigenvalue weighted by atomic mass is 19.4. The second kappa shape index (κ2) is 10.4. The Labute approximate surface area is 205 Å². The molecule has 0 aromatic carbocycles. The zero-order chi connectivity index (χ0) is 26.2. The monoisotopic (exact) mass is 500 g/mol. The molecular weight excluding hydrogens is 461 g/mol. The number of alkyl halides is 3. The second-order valence-corrected chi connectivity index (χ2v) is 11.1. The van der Waals surface area contributed by atoms with Gasteiger partial charge in [0.1, 0.15) is 6.10 Å². The molecule has 3 aliphatic rings. The number of rotatable bonds is 6. The van der Waals surface area contributed by atoms with E-state index in [1.165, 1.54) is 5.57 Å². The third kappa shape index (κ3) is 6.03. The maximum Gasteiger partial charge on any atom is 0.416 e. The fourth-order valence-electron chi connectivity index (χ4n) is 6.35. The van der Waals surface area contributed by atoms with Gasteiger partial charge in [-0.3, -0.25) is 4.79 Å². The molecule has 0 bridgehead atoms. The van der Waals surface area contributed by atoms with E-state index >= 15 is 0 Å². The van der Waals surface area contributed by atoms with Crippen molar-refractivity contribution in [3.05, 3.63) is 35.5 Å². The van der Waals surface area contributed by atoms with Gasteiger partial charge in [0.25, 0.3) is 0 Å². The minimum Gasteiger partial charge on any atom is -0.462 e. The van der Waals surface area contributed by atoms with Gasteiger partial charge in [-0.15, -0.1) is 0 Å². The Morgan fingerprint density at radius 3 is 2.63 bits per heavy atom. The topological polar surface area (TPSA) is 87.0 Å². The van der Waals surface area contributed by atoms with Crippen molar-refractivity contribution in [2.24, 2.45) is 17.3 Å². The van der Waals surface area contributed by atoms with Crippen LogP contribution in [0, 0.1) is 17.3 Å². The Morgan fingerprint density at radius 1 is 1.29 bits per heavy atom. The maximum absolute atomic E-state index is 12.9. The number of hydrogen-bond acceptors (Lipinski definition) is 5. The first-order valence-corrected chi connectivity index (χ1v) is 12.6. The van der Waals surface area contributed by atoms with Gasteiger partial charge in [-0.1, -0.05) is 31.2 Å². The predicted octanol–water partition coefficient (Wildman–Crippen LogP) is 5.15. The summed E-state index contributed by atoms with van der Waals surface area (Å²) in [5, 5.41) is 29.7. The first-order valence-electron chi connectivity index (χ1n) is 12.6. The SMILES string of the molecule is C=C1/C(=C\C=C2/CCC[C@]3(C)[C@@H]([C@H](C)OC(=O)CCC(C)(O)C(F)(F)F)CC[C@@H]23)C[C@@H](O)C[C@@H]1O. The van der Waals surface area contributed by atoms with Gasteiger partial charge in [-0.05, 0) is 81.3 Å². The molecule has 3 saturated carbocycles. The predicted molar refractivity (Wildman–Crippen MR) is 126 cm³/mol. The lowest BCUT2D eigenvalue weighted by Crippen LogP contribution is -2.43. The molecule has 3 rings (SSSR count). The van der Waals surface area contributed by atoms with Gasteiger partial charge in [0.2, 0.25) is 0 Å². The maximum atomic E-state index is 12.9. The lowest BCUT2D eigenvalue weighted by molar-refractivity contribution is -0.255. The third-order valence-corrected chi connectivity index (χ3v) is 8.61. The zero-order valence-electron chi connectivity index (χ0n) is 20.9. The Kier molecular flexibility index (Phi) is 8.29. The summed E-state index contributed by atoms with van der Waals surface area (Å²) in [5.74, 6) is -0.334. The van der Waals surface area contributed by atoms with E-state index in [2.05, 4.69) is 19.6 Å². The number of esters is 1. The summed E-state index contributed by atoms with van der Waals surface area (Å²) in [6.07, 6.45) is 1.78. The van der Waals surface area contributed by atoms with E-state index in [0.717, 1.165) is 37.7 Å². The molecule has 0 aliphatic heterocycles. The van der Waals surface area contributed by atoms with E-state index in [1.54, 1.807) is 0 Å². The van der Waals surface area contributed by atoms with E-state index in [4.69, 9.17) is 4.74 Å². The van der Waals surface area contributed by atoms with Crippen LogP contribution in [-0.4, -0.2) is 51.4 Å². The normalized spacial score (nSPS) is 36.7. The summed E-state index contributed by atoms with van der Waals surface area (Å²) in [7, 11) is 0. The highest BCUT2D eigenvalue weighted by molar-refractivity contribution is 5.69. The average molecular weight is 501 g/mol. The van der Waals surface area contributed by atoms with E-state index in [0.29, 0.717) is 31.3 Å². The van der Waals surface area contributed by atoms with Crippen molar-refractivity contribution >= 4 is 5.97 Å². The second-order valence-electron chi connectivity index (χ2n) is 11.1. The van der Waals surface area contributed by atoms with Crippen LogP contribution in [0.4, 0.5) is 13.2 Å². The highest BCUT2D eigenvalue weighted by Gasteiger charge is 2.52. The Bertz CT molecular complexity index is 875. The molecular formula is C27H39F3O5. The van der Waals surface area contributed by atoms with Crippen LogP contribution in [0.1, 0.15) is 78.6 Å². The van der Waals surface area contributed by atoms with Crippen molar-refractivity contribution in [1.29, 1.82) is 0 Å². The molecule has 0 spiro atoms.